The van der Waals surface area contributed by atoms with Gasteiger partial charge in [-0.2, -0.15) is 0 Å². The number of carbonyl (C=O) groups excluding carboxylic acids is 1. The fourth-order valence-electron chi connectivity index (χ4n) is 3.77. The van der Waals surface area contributed by atoms with E-state index < -0.39 is 0 Å². The normalized spacial score (nSPS) is 15.4. The third-order valence-electron chi connectivity index (χ3n) is 5.47. The van der Waals surface area contributed by atoms with Crippen molar-refractivity contribution in [1.29, 1.82) is 0 Å². The van der Waals surface area contributed by atoms with Gasteiger partial charge in [0.15, 0.2) is 10.8 Å². The highest BCUT2D eigenvalue weighted by atomic mass is 32.1. The maximum absolute atomic E-state index is 12.5. The van der Waals surface area contributed by atoms with E-state index >= 15 is 0 Å². The first kappa shape index (κ1) is 20.8. The summed E-state index contributed by atoms with van der Waals surface area (Å²) in [6, 6.07) is 10.0. The van der Waals surface area contributed by atoms with E-state index in [4.69, 9.17) is 9.40 Å². The van der Waals surface area contributed by atoms with Crippen molar-refractivity contribution in [1.82, 2.24) is 14.8 Å². The molecule has 0 spiro atoms. The molecule has 30 heavy (non-hydrogen) atoms. The zero-order valence-corrected chi connectivity index (χ0v) is 18.6. The van der Waals surface area contributed by atoms with Gasteiger partial charge in [0.05, 0.1) is 12.2 Å². The lowest BCUT2D eigenvalue weighted by Gasteiger charge is -2.33. The summed E-state index contributed by atoms with van der Waals surface area (Å²) in [7, 11) is 0. The lowest BCUT2D eigenvalue weighted by molar-refractivity contribution is -0.117. The molecule has 0 bridgehead atoms. The van der Waals surface area contributed by atoms with Crippen LogP contribution in [0.5, 0.6) is 0 Å². The van der Waals surface area contributed by atoms with Gasteiger partial charge in [0, 0.05) is 43.8 Å². The third-order valence-corrected chi connectivity index (χ3v) is 6.37. The molecule has 1 N–H and O–H groups in total. The first-order valence-electron chi connectivity index (χ1n) is 10.3. The van der Waals surface area contributed by atoms with Gasteiger partial charge in [-0.05, 0) is 44.0 Å². The Morgan fingerprint density at radius 2 is 1.77 bits per heavy atom. The average Bonchev–Trinajstić information content (AvgIpc) is 3.35. The number of amides is 1. The summed E-state index contributed by atoms with van der Waals surface area (Å²) in [5, 5.41) is 6.12. The molecule has 7 heteroatoms. The highest BCUT2D eigenvalue weighted by molar-refractivity contribution is 7.13. The maximum atomic E-state index is 12.5. The molecule has 3 heterocycles. The number of anilines is 1. The quantitative estimate of drug-likeness (QED) is 0.646. The van der Waals surface area contributed by atoms with Crippen molar-refractivity contribution in [2.75, 3.05) is 38.0 Å². The van der Waals surface area contributed by atoms with Gasteiger partial charge in [0.2, 0.25) is 5.91 Å². The summed E-state index contributed by atoms with van der Waals surface area (Å²) in [5.74, 6) is 1.79. The predicted octanol–water partition coefficient (Wildman–Crippen LogP) is 4.08. The number of carbonyl (C=O) groups is 1. The second-order valence-corrected chi connectivity index (χ2v) is 8.78. The third kappa shape index (κ3) is 4.98. The highest BCUT2D eigenvalue weighted by Gasteiger charge is 2.20. The van der Waals surface area contributed by atoms with E-state index in [1.807, 2.05) is 51.1 Å². The molecule has 1 fully saturated rings. The molecule has 1 amide bonds. The molecule has 0 saturated carbocycles. The Hall–Kier alpha value is -2.48. The Morgan fingerprint density at radius 1 is 1.07 bits per heavy atom. The van der Waals surface area contributed by atoms with Crippen LogP contribution < -0.4 is 5.32 Å². The molecule has 2 aromatic heterocycles. The molecule has 1 aliphatic heterocycles. The molecule has 0 atom stereocenters. The highest BCUT2D eigenvalue weighted by Crippen LogP contribution is 2.26. The Morgan fingerprint density at radius 3 is 2.43 bits per heavy atom. The van der Waals surface area contributed by atoms with E-state index in [-0.39, 0.29) is 5.91 Å². The number of nitrogens with zero attached hydrogens (tertiary/aromatic N) is 3. The Kier molecular flexibility index (Phi) is 6.32. The van der Waals surface area contributed by atoms with E-state index in [2.05, 4.69) is 20.5 Å². The van der Waals surface area contributed by atoms with Crippen LogP contribution in [0.4, 0.5) is 5.69 Å². The summed E-state index contributed by atoms with van der Waals surface area (Å²) in [4.78, 5) is 21.9. The zero-order valence-electron chi connectivity index (χ0n) is 17.8. The predicted molar refractivity (Wildman–Crippen MR) is 121 cm³/mol. The van der Waals surface area contributed by atoms with E-state index in [9.17, 15) is 4.79 Å². The molecule has 1 aliphatic rings. The second kappa shape index (κ2) is 9.12. The summed E-state index contributed by atoms with van der Waals surface area (Å²) in [5.41, 5.74) is 4.21. The molecular formula is C23H28N4O2S. The van der Waals surface area contributed by atoms with Gasteiger partial charge in [-0.3, -0.25) is 14.6 Å². The monoisotopic (exact) mass is 424 g/mol. The molecule has 1 saturated heterocycles. The number of hydrogen-bond acceptors (Lipinski definition) is 6. The van der Waals surface area contributed by atoms with Crippen LogP contribution in [-0.2, 0) is 11.3 Å². The molecule has 4 rings (SSSR count). The number of piperazine rings is 1. The number of hydrogen-bond donors (Lipinski definition) is 1. The Bertz CT molecular complexity index is 998. The van der Waals surface area contributed by atoms with E-state index in [0.717, 1.165) is 71.8 Å². The number of nitrogens with one attached hydrogen (secondary N) is 1. The summed E-state index contributed by atoms with van der Waals surface area (Å²) in [6.07, 6.45) is 0. The number of rotatable bonds is 6. The van der Waals surface area contributed by atoms with Crippen LogP contribution >= 0.6 is 11.3 Å². The van der Waals surface area contributed by atoms with Gasteiger partial charge < -0.3 is 9.73 Å². The fraction of sp³-hybridized carbons (Fsp3) is 0.391. The first-order chi connectivity index (χ1) is 14.5. The molecule has 0 radical (unpaired) electrons. The fourth-order valence-corrected chi connectivity index (χ4v) is 4.54. The molecule has 158 valence electrons. The number of aromatic nitrogens is 1. The van der Waals surface area contributed by atoms with Crippen molar-refractivity contribution in [3.8, 4) is 10.8 Å². The number of benzene rings is 1. The average molecular weight is 425 g/mol. The molecule has 3 aromatic rings. The standard InChI is InChI=1S/C23H28N4O2S/c1-16-5-4-6-17(2)22(16)25-21(28)14-27-11-9-26(10-12-27)13-19-15-30-23(24-19)20-8-7-18(3)29-20/h4-8,15H,9-14H2,1-3H3,(H,25,28). The van der Waals surface area contributed by atoms with Gasteiger partial charge in [0.1, 0.15) is 5.76 Å². The van der Waals surface area contributed by atoms with Crippen LogP contribution in [0, 0.1) is 20.8 Å². The van der Waals surface area contributed by atoms with Crippen molar-refractivity contribution in [2.24, 2.45) is 0 Å². The van der Waals surface area contributed by atoms with Crippen molar-refractivity contribution in [2.45, 2.75) is 27.3 Å². The minimum absolute atomic E-state index is 0.0544. The second-order valence-electron chi connectivity index (χ2n) is 7.92. The van der Waals surface area contributed by atoms with Crippen LogP contribution in [0.3, 0.4) is 0 Å². The number of thiazole rings is 1. The first-order valence-corrected chi connectivity index (χ1v) is 11.2. The summed E-state index contributed by atoms with van der Waals surface area (Å²) in [6.45, 7) is 10.9. The van der Waals surface area contributed by atoms with Gasteiger partial charge in [0.25, 0.3) is 0 Å². The lowest BCUT2D eigenvalue weighted by atomic mass is 10.1. The lowest BCUT2D eigenvalue weighted by Crippen LogP contribution is -2.48. The topological polar surface area (TPSA) is 61.6 Å². The molecule has 0 aliphatic carbocycles. The van der Waals surface area contributed by atoms with E-state index in [1.165, 1.54) is 0 Å². The number of aryl methyl sites for hydroxylation is 3. The molecule has 1 aromatic carbocycles. The van der Waals surface area contributed by atoms with Crippen LogP contribution in [-0.4, -0.2) is 53.4 Å². The largest absolute Gasteiger partial charge is 0.459 e. The van der Waals surface area contributed by atoms with Crippen molar-refractivity contribution in [3.63, 3.8) is 0 Å². The van der Waals surface area contributed by atoms with Crippen molar-refractivity contribution >= 4 is 22.9 Å². The number of furan rings is 1. The van der Waals surface area contributed by atoms with Gasteiger partial charge in [-0.15, -0.1) is 11.3 Å². The van der Waals surface area contributed by atoms with Crippen molar-refractivity contribution < 1.29 is 9.21 Å². The molecule has 6 nitrogen and oxygen atoms in total. The minimum Gasteiger partial charge on any atom is -0.459 e. The summed E-state index contributed by atoms with van der Waals surface area (Å²) >= 11 is 1.62. The zero-order chi connectivity index (χ0) is 21.1. The van der Waals surface area contributed by atoms with E-state index in [0.29, 0.717) is 6.54 Å². The van der Waals surface area contributed by atoms with Crippen LogP contribution in [0.1, 0.15) is 22.6 Å². The van der Waals surface area contributed by atoms with E-state index in [1.54, 1.807) is 11.3 Å². The SMILES string of the molecule is Cc1ccc(-c2nc(CN3CCN(CC(=O)Nc4c(C)cccc4C)CC3)cs2)o1. The van der Waals surface area contributed by atoms with Gasteiger partial charge in [-0.1, -0.05) is 18.2 Å². The van der Waals surface area contributed by atoms with Gasteiger partial charge >= 0.3 is 0 Å². The van der Waals surface area contributed by atoms with Crippen LogP contribution in [0.2, 0.25) is 0 Å². The van der Waals surface area contributed by atoms with Gasteiger partial charge in [-0.25, -0.2) is 4.98 Å². The van der Waals surface area contributed by atoms with Crippen molar-refractivity contribution in [3.05, 3.63) is 58.3 Å². The van der Waals surface area contributed by atoms with Crippen LogP contribution in [0.25, 0.3) is 10.8 Å². The minimum atomic E-state index is 0.0544. The maximum Gasteiger partial charge on any atom is 0.238 e. The van der Waals surface area contributed by atoms with Crippen LogP contribution in [0.15, 0.2) is 40.1 Å². The number of para-hydroxylation sites is 1. The Labute approximate surface area is 181 Å². The molecular weight excluding hydrogens is 396 g/mol. The smallest absolute Gasteiger partial charge is 0.238 e. The molecule has 0 unspecified atom stereocenters. The summed E-state index contributed by atoms with van der Waals surface area (Å²) < 4.78 is 5.67. The Balaban J connectivity index is 1.25.